The molecule has 1 aliphatic carbocycles. The molecule has 48 heavy (non-hydrogen) atoms. The fourth-order valence-corrected chi connectivity index (χ4v) is 7.41. The Kier molecular flexibility index (Phi) is 7.72. The van der Waals surface area contributed by atoms with E-state index in [0.29, 0.717) is 49.1 Å². The van der Waals surface area contributed by atoms with Crippen LogP contribution in [0.1, 0.15) is 44.6 Å². The molecule has 0 bridgehead atoms. The fraction of sp³-hybridized carbons (Fsp3) is 0.472. The number of phenols is 1. The quantitative estimate of drug-likeness (QED) is 0.255. The molecule has 3 aliphatic heterocycles. The van der Waals surface area contributed by atoms with Gasteiger partial charge >= 0.3 is 6.01 Å². The maximum atomic E-state index is 17.0. The van der Waals surface area contributed by atoms with Gasteiger partial charge in [-0.15, -0.1) is 6.42 Å². The molecule has 3 fully saturated rings. The highest BCUT2D eigenvalue weighted by Gasteiger charge is 2.46. The van der Waals surface area contributed by atoms with Crippen LogP contribution in [0.15, 0.2) is 24.3 Å². The van der Waals surface area contributed by atoms with Crippen LogP contribution in [0, 0.1) is 29.4 Å². The highest BCUT2D eigenvalue weighted by Crippen LogP contribution is 2.48. The van der Waals surface area contributed by atoms with Crippen molar-refractivity contribution < 1.29 is 27.8 Å². The lowest BCUT2D eigenvalue weighted by Crippen LogP contribution is -2.58. The monoisotopic (exact) mass is 658 g/mol. The van der Waals surface area contributed by atoms with Crippen molar-refractivity contribution in [2.24, 2.45) is 5.41 Å². The minimum atomic E-state index is -0.791. The second-order valence-electron chi connectivity index (χ2n) is 13.7. The Labute approximate surface area is 276 Å². The van der Waals surface area contributed by atoms with Crippen LogP contribution in [0.4, 0.5) is 19.0 Å². The van der Waals surface area contributed by atoms with Gasteiger partial charge in [0.1, 0.15) is 46.8 Å². The number of anilines is 1. The first-order valence-corrected chi connectivity index (χ1v) is 16.7. The molecule has 9 nitrogen and oxygen atoms in total. The summed E-state index contributed by atoms with van der Waals surface area (Å²) in [7, 11) is 0. The molecule has 0 unspecified atom stereocenters. The molecule has 8 rings (SSSR count). The van der Waals surface area contributed by atoms with Crippen LogP contribution in [0.5, 0.6) is 17.6 Å². The Morgan fingerprint density at radius 1 is 1.15 bits per heavy atom. The molecule has 250 valence electrons. The van der Waals surface area contributed by atoms with Crippen LogP contribution in [-0.2, 0) is 0 Å². The first-order valence-electron chi connectivity index (χ1n) is 16.7. The van der Waals surface area contributed by atoms with E-state index in [4.69, 9.17) is 20.9 Å². The maximum Gasteiger partial charge on any atom is 0.319 e. The van der Waals surface area contributed by atoms with Gasteiger partial charge in [-0.25, -0.2) is 18.2 Å². The summed E-state index contributed by atoms with van der Waals surface area (Å²) in [4.78, 5) is 18.6. The number of phenolic OH excluding ortho intramolecular Hbond substituents is 1. The number of fused-ring (bicyclic) bond motifs is 3. The Hall–Kier alpha value is -4.34. The predicted molar refractivity (Wildman–Crippen MR) is 176 cm³/mol. The second-order valence-corrected chi connectivity index (χ2v) is 13.7. The van der Waals surface area contributed by atoms with Crippen molar-refractivity contribution in [1.29, 1.82) is 0 Å². The lowest BCUT2D eigenvalue weighted by molar-refractivity contribution is 0.107. The molecular formula is C36H37F3N6O3. The van der Waals surface area contributed by atoms with Crippen molar-refractivity contribution in [3.63, 3.8) is 0 Å². The number of hydrogen-bond acceptors (Lipinski definition) is 9. The number of terminal acetylenes is 1. The number of nitrogens with one attached hydrogen (secondary N) is 1. The molecule has 0 radical (unpaired) electrons. The zero-order chi connectivity index (χ0) is 33.2. The summed E-state index contributed by atoms with van der Waals surface area (Å²) in [6.45, 7) is 6.21. The number of benzene rings is 2. The number of aromatic nitrogens is 3. The summed E-state index contributed by atoms with van der Waals surface area (Å²) in [6.07, 6.45) is 8.91. The van der Waals surface area contributed by atoms with Crippen molar-refractivity contribution >= 4 is 27.5 Å². The topological polar surface area (TPSA) is 95.9 Å². The molecule has 5 heterocycles. The molecule has 0 spiro atoms. The largest absolute Gasteiger partial charge is 0.508 e. The number of ether oxygens (including phenoxy) is 2. The van der Waals surface area contributed by atoms with Gasteiger partial charge in [-0.1, -0.05) is 18.9 Å². The Bertz CT molecular complexity index is 1960. The molecule has 0 amide bonds. The predicted octanol–water partition coefficient (Wildman–Crippen LogP) is 5.35. The normalized spacial score (nSPS) is 22.2. The van der Waals surface area contributed by atoms with Gasteiger partial charge in [-0.3, -0.25) is 0 Å². The van der Waals surface area contributed by atoms with Crippen molar-refractivity contribution in [3.05, 3.63) is 41.5 Å². The number of nitrogens with zero attached hydrogens (tertiary/aromatic N) is 5. The third-order valence-corrected chi connectivity index (χ3v) is 10.4. The Morgan fingerprint density at radius 3 is 2.71 bits per heavy atom. The summed E-state index contributed by atoms with van der Waals surface area (Å²) in [6, 6.07) is 5.58. The average molecular weight is 659 g/mol. The van der Waals surface area contributed by atoms with E-state index >= 15 is 4.39 Å². The fourth-order valence-electron chi connectivity index (χ4n) is 7.41. The minimum Gasteiger partial charge on any atom is -0.508 e. The van der Waals surface area contributed by atoms with Gasteiger partial charge in [-0.2, -0.15) is 9.97 Å². The number of alkyl halides is 1. The molecule has 2 saturated heterocycles. The van der Waals surface area contributed by atoms with Crippen LogP contribution < -0.4 is 19.7 Å². The molecule has 2 aromatic heterocycles. The molecule has 4 aliphatic rings. The Balaban J connectivity index is 1.25. The van der Waals surface area contributed by atoms with Crippen LogP contribution in [0.2, 0.25) is 0 Å². The maximum absolute atomic E-state index is 17.0. The minimum absolute atomic E-state index is 0.0385. The molecular weight excluding hydrogens is 621 g/mol. The summed E-state index contributed by atoms with van der Waals surface area (Å²) in [5, 5.41) is 15.2. The smallest absolute Gasteiger partial charge is 0.319 e. The first-order chi connectivity index (χ1) is 23.3. The zero-order valence-corrected chi connectivity index (χ0v) is 26.7. The number of halogens is 3. The SMILES string of the molecule is C#Cc1c(F)ccc2cc(O)cc(-c3nc4c5c(nc(OCC6(CN7CCC(F)CC7)CC6)nc5c3F)N3C[C@@H](CC)NC[C@H]3CO4)c12. The van der Waals surface area contributed by atoms with Crippen LogP contribution in [0.25, 0.3) is 32.9 Å². The van der Waals surface area contributed by atoms with Gasteiger partial charge in [0.15, 0.2) is 5.82 Å². The molecule has 12 heteroatoms. The summed E-state index contributed by atoms with van der Waals surface area (Å²) < 4.78 is 58.3. The highest BCUT2D eigenvalue weighted by molar-refractivity contribution is 6.04. The molecule has 1 saturated carbocycles. The number of piperazine rings is 1. The van der Waals surface area contributed by atoms with Gasteiger partial charge in [-0.05, 0) is 55.7 Å². The average Bonchev–Trinajstić information content (AvgIpc) is 3.88. The number of likely N-dealkylation sites (tertiary alicyclic amines) is 1. The number of hydrogen-bond donors (Lipinski definition) is 2. The van der Waals surface area contributed by atoms with E-state index in [1.54, 1.807) is 0 Å². The van der Waals surface area contributed by atoms with Crippen LogP contribution >= 0.6 is 0 Å². The van der Waals surface area contributed by atoms with Crippen molar-refractivity contribution in [3.8, 4) is 41.2 Å². The highest BCUT2D eigenvalue weighted by atomic mass is 19.1. The van der Waals surface area contributed by atoms with Gasteiger partial charge in [0, 0.05) is 55.1 Å². The summed E-state index contributed by atoms with van der Waals surface area (Å²) >= 11 is 0. The van der Waals surface area contributed by atoms with Gasteiger partial charge < -0.3 is 29.7 Å². The lowest BCUT2D eigenvalue weighted by atomic mass is 9.95. The van der Waals surface area contributed by atoms with E-state index < -0.39 is 17.8 Å². The van der Waals surface area contributed by atoms with E-state index in [9.17, 15) is 13.9 Å². The number of aromatic hydroxyl groups is 1. The number of rotatable bonds is 7. The van der Waals surface area contributed by atoms with Crippen molar-refractivity contribution in [2.75, 3.05) is 50.8 Å². The van der Waals surface area contributed by atoms with E-state index in [2.05, 4.69) is 37.9 Å². The van der Waals surface area contributed by atoms with Gasteiger partial charge in [0.25, 0.3) is 0 Å². The van der Waals surface area contributed by atoms with E-state index in [0.717, 1.165) is 38.9 Å². The molecule has 2 atom stereocenters. The van der Waals surface area contributed by atoms with Crippen molar-refractivity contribution in [1.82, 2.24) is 25.2 Å². The van der Waals surface area contributed by atoms with Crippen LogP contribution in [0.3, 0.4) is 0 Å². The standard InChI is InChI=1S/C36H37F3N6O3/c1-3-22-16-45-23(15-40-22)17-47-34-29-32(30(39)31(41-34)26-14-24(46)13-20-5-6-27(38)25(4-2)28(20)26)42-35(43-33(29)45)48-19-36(9-10-36)18-44-11-7-21(37)8-12-44/h2,5-6,13-14,21-23,40,46H,3,7-12,15-19H2,1H3/t22-,23+/m1/s1. The number of pyridine rings is 1. The van der Waals surface area contributed by atoms with E-state index in [-0.39, 0.29) is 69.5 Å². The third kappa shape index (κ3) is 5.43. The summed E-state index contributed by atoms with van der Waals surface area (Å²) in [5.41, 5.74) is -0.277. The second kappa shape index (κ2) is 12.0. The third-order valence-electron chi connectivity index (χ3n) is 10.4. The van der Waals surface area contributed by atoms with Crippen molar-refractivity contribution in [2.45, 2.75) is 57.3 Å². The summed E-state index contributed by atoms with van der Waals surface area (Å²) in [5.74, 6) is 1.40. The number of piperidine rings is 1. The van der Waals surface area contributed by atoms with Crippen LogP contribution in [-0.4, -0.2) is 89.2 Å². The molecule has 4 aromatic rings. The Morgan fingerprint density at radius 2 is 1.96 bits per heavy atom. The first kappa shape index (κ1) is 31.0. The zero-order valence-electron chi connectivity index (χ0n) is 26.7. The molecule has 2 aromatic carbocycles. The van der Waals surface area contributed by atoms with Gasteiger partial charge in [0.2, 0.25) is 5.88 Å². The van der Waals surface area contributed by atoms with E-state index in [1.807, 2.05) is 0 Å². The lowest BCUT2D eigenvalue weighted by Gasteiger charge is -2.39. The van der Waals surface area contributed by atoms with E-state index in [1.165, 1.54) is 24.3 Å². The van der Waals surface area contributed by atoms with Gasteiger partial charge in [0.05, 0.1) is 18.2 Å². The molecule has 2 N–H and O–H groups in total.